The Kier molecular flexibility index (Phi) is 5.53. The molecule has 1 amide bonds. The number of furan rings is 1. The summed E-state index contributed by atoms with van der Waals surface area (Å²) in [5, 5.41) is 17.8. The molecule has 0 bridgehead atoms. The van der Waals surface area contributed by atoms with Crippen molar-refractivity contribution in [2.45, 2.75) is 19.9 Å². The monoisotopic (exact) mass is 505 g/mol. The Morgan fingerprint density at radius 1 is 1.03 bits per heavy atom. The van der Waals surface area contributed by atoms with Crippen LogP contribution in [0.2, 0.25) is 0 Å². The van der Waals surface area contributed by atoms with E-state index in [0.717, 1.165) is 11.0 Å². The van der Waals surface area contributed by atoms with Gasteiger partial charge >= 0.3 is 0 Å². The molecule has 5 aromatic rings. The first kappa shape index (κ1) is 23.2. The molecular weight excluding hydrogens is 482 g/mol. The zero-order chi connectivity index (χ0) is 26.4. The first-order valence-electron chi connectivity index (χ1n) is 12.1. The number of nitrogens with zero attached hydrogens (tertiary/aromatic N) is 3. The van der Waals surface area contributed by atoms with E-state index in [4.69, 9.17) is 9.40 Å². The van der Waals surface area contributed by atoms with Gasteiger partial charge in [0.15, 0.2) is 0 Å². The van der Waals surface area contributed by atoms with Gasteiger partial charge in [0.05, 0.1) is 21.5 Å². The molecule has 1 aliphatic heterocycles. The molecular formula is C29H23N5O4. The quantitative estimate of drug-likeness (QED) is 0.210. The summed E-state index contributed by atoms with van der Waals surface area (Å²) in [5.41, 5.74) is 4.56. The van der Waals surface area contributed by atoms with Gasteiger partial charge in [-0.05, 0) is 50.2 Å². The first-order valence-corrected chi connectivity index (χ1v) is 12.1. The van der Waals surface area contributed by atoms with Crippen LogP contribution >= 0.6 is 0 Å². The lowest BCUT2D eigenvalue weighted by Gasteiger charge is -2.29. The number of hydrogen-bond donors (Lipinski definition) is 2. The molecule has 38 heavy (non-hydrogen) atoms. The predicted octanol–water partition coefficient (Wildman–Crippen LogP) is 6.44. The van der Waals surface area contributed by atoms with Gasteiger partial charge in [-0.3, -0.25) is 19.5 Å². The number of aromatic nitrogens is 2. The molecule has 1 aliphatic rings. The zero-order valence-electron chi connectivity index (χ0n) is 20.6. The number of carbonyl (C=O) groups is 1. The first-order chi connectivity index (χ1) is 18.4. The van der Waals surface area contributed by atoms with E-state index in [-0.39, 0.29) is 11.6 Å². The molecule has 0 spiro atoms. The van der Waals surface area contributed by atoms with Gasteiger partial charge in [0.2, 0.25) is 5.95 Å². The number of carbonyl (C=O) groups excluding carboxylic acids is 1. The third-order valence-corrected chi connectivity index (χ3v) is 6.69. The molecule has 0 saturated carbocycles. The van der Waals surface area contributed by atoms with Crippen LogP contribution in [0, 0.1) is 17.0 Å². The van der Waals surface area contributed by atoms with Gasteiger partial charge in [0.1, 0.15) is 17.6 Å². The lowest BCUT2D eigenvalue weighted by molar-refractivity contribution is -0.385. The number of anilines is 2. The predicted molar refractivity (Wildman–Crippen MR) is 145 cm³/mol. The third-order valence-electron chi connectivity index (χ3n) is 6.69. The minimum atomic E-state index is -0.628. The normalized spacial score (nSPS) is 14.7. The van der Waals surface area contributed by atoms with E-state index in [9.17, 15) is 14.9 Å². The molecule has 9 heteroatoms. The highest BCUT2D eigenvalue weighted by Gasteiger charge is 2.36. The summed E-state index contributed by atoms with van der Waals surface area (Å²) >= 11 is 0. The summed E-state index contributed by atoms with van der Waals surface area (Å²) in [5.74, 6) is 1.28. The molecule has 3 heterocycles. The molecule has 1 atom stereocenters. The fraction of sp³-hybridized carbons (Fsp3) is 0.103. The lowest BCUT2D eigenvalue weighted by atomic mass is 9.99. The second-order valence-electron chi connectivity index (χ2n) is 9.14. The molecule has 0 radical (unpaired) electrons. The van der Waals surface area contributed by atoms with Gasteiger partial charge in [0, 0.05) is 28.6 Å². The van der Waals surface area contributed by atoms with Crippen LogP contribution in [0.1, 0.15) is 24.3 Å². The number of hydrogen-bond acceptors (Lipinski definition) is 6. The Balaban J connectivity index is 1.49. The maximum Gasteiger partial charge on any atom is 0.273 e. The van der Waals surface area contributed by atoms with Crippen molar-refractivity contribution in [1.29, 1.82) is 0 Å². The maximum atomic E-state index is 13.7. The molecule has 9 nitrogen and oxygen atoms in total. The highest BCUT2D eigenvalue weighted by atomic mass is 16.6. The van der Waals surface area contributed by atoms with Crippen molar-refractivity contribution >= 4 is 34.3 Å². The van der Waals surface area contributed by atoms with Crippen LogP contribution in [0.5, 0.6) is 0 Å². The molecule has 2 N–H and O–H groups in total. The largest absolute Gasteiger partial charge is 0.458 e. The fourth-order valence-corrected chi connectivity index (χ4v) is 4.86. The van der Waals surface area contributed by atoms with E-state index in [1.807, 2.05) is 66.1 Å². The number of para-hydroxylation sites is 3. The Morgan fingerprint density at radius 3 is 2.58 bits per heavy atom. The van der Waals surface area contributed by atoms with Crippen molar-refractivity contribution in [3.8, 4) is 11.3 Å². The Labute approximate surface area is 217 Å². The van der Waals surface area contributed by atoms with Gasteiger partial charge < -0.3 is 15.1 Å². The van der Waals surface area contributed by atoms with Crippen LogP contribution in [0.15, 0.2) is 101 Å². The number of fused-ring (bicyclic) bond motifs is 3. The van der Waals surface area contributed by atoms with Crippen molar-refractivity contribution in [2.24, 2.45) is 0 Å². The maximum absolute atomic E-state index is 13.7. The molecule has 1 unspecified atom stereocenters. The van der Waals surface area contributed by atoms with Crippen LogP contribution in [0.4, 0.5) is 17.3 Å². The molecule has 0 saturated heterocycles. The topological polar surface area (TPSA) is 115 Å². The van der Waals surface area contributed by atoms with E-state index in [1.54, 1.807) is 31.2 Å². The van der Waals surface area contributed by atoms with Gasteiger partial charge in [-0.15, -0.1) is 0 Å². The summed E-state index contributed by atoms with van der Waals surface area (Å²) in [7, 11) is 0. The molecule has 6 rings (SSSR count). The number of nitro groups is 1. The molecule has 188 valence electrons. The standard InChI is InChI=1S/C29H23N5O4/c1-17-12-13-19(16-23(17)34(36)37)24-14-15-25(38-24)27-26(28(35)31-20-8-4-3-5-9-20)18(2)30-29-32-21-10-6-7-11-22(21)33(27)29/h3-16,27H,1-2H3,(H,30,32)(H,31,35). The Bertz CT molecular complexity index is 1750. The second kappa shape index (κ2) is 9.04. The van der Waals surface area contributed by atoms with Gasteiger partial charge in [-0.2, -0.15) is 0 Å². The Morgan fingerprint density at radius 2 is 1.79 bits per heavy atom. The van der Waals surface area contributed by atoms with Crippen LogP contribution in [-0.4, -0.2) is 20.4 Å². The molecule has 2 aromatic heterocycles. The van der Waals surface area contributed by atoms with E-state index >= 15 is 0 Å². The smallest absolute Gasteiger partial charge is 0.273 e. The molecule has 3 aromatic carbocycles. The summed E-state index contributed by atoms with van der Waals surface area (Å²) in [4.78, 5) is 29.5. The number of allylic oxidation sites excluding steroid dienone is 1. The SMILES string of the molecule is CC1=C(C(=O)Nc2ccccc2)C(c2ccc(-c3ccc(C)c([N+](=O)[O-])c3)o2)n2c(nc3ccccc32)N1. The summed E-state index contributed by atoms with van der Waals surface area (Å²) in [6, 6.07) is 24.9. The number of nitrogens with one attached hydrogen (secondary N) is 2. The van der Waals surface area contributed by atoms with Gasteiger partial charge in [-0.1, -0.05) is 42.5 Å². The second-order valence-corrected chi connectivity index (χ2v) is 9.14. The van der Waals surface area contributed by atoms with E-state index in [0.29, 0.717) is 45.6 Å². The van der Waals surface area contributed by atoms with Crippen molar-refractivity contribution < 1.29 is 14.1 Å². The minimum Gasteiger partial charge on any atom is -0.458 e. The molecule has 0 aliphatic carbocycles. The average molecular weight is 506 g/mol. The number of amides is 1. The highest BCUT2D eigenvalue weighted by Crippen LogP contribution is 2.41. The van der Waals surface area contributed by atoms with Crippen LogP contribution in [0.25, 0.3) is 22.4 Å². The number of aryl methyl sites for hydroxylation is 1. The highest BCUT2D eigenvalue weighted by molar-refractivity contribution is 6.06. The van der Waals surface area contributed by atoms with E-state index in [1.165, 1.54) is 6.07 Å². The Hall–Kier alpha value is -5.18. The van der Waals surface area contributed by atoms with Crippen LogP contribution in [-0.2, 0) is 4.79 Å². The summed E-state index contributed by atoms with van der Waals surface area (Å²) in [6.07, 6.45) is 0. The van der Waals surface area contributed by atoms with Gasteiger partial charge in [0.25, 0.3) is 11.6 Å². The van der Waals surface area contributed by atoms with Crippen molar-refractivity contribution in [2.75, 3.05) is 10.6 Å². The van der Waals surface area contributed by atoms with Crippen LogP contribution < -0.4 is 10.6 Å². The number of nitro benzene ring substituents is 1. The van der Waals surface area contributed by atoms with Crippen molar-refractivity contribution in [3.05, 3.63) is 118 Å². The summed E-state index contributed by atoms with van der Waals surface area (Å²) < 4.78 is 8.27. The fourth-order valence-electron chi connectivity index (χ4n) is 4.86. The van der Waals surface area contributed by atoms with Gasteiger partial charge in [-0.25, -0.2) is 4.98 Å². The number of imidazole rings is 1. The summed E-state index contributed by atoms with van der Waals surface area (Å²) in [6.45, 7) is 3.53. The van der Waals surface area contributed by atoms with Crippen molar-refractivity contribution in [3.63, 3.8) is 0 Å². The average Bonchev–Trinajstić information content (AvgIpc) is 3.53. The van der Waals surface area contributed by atoms with Crippen LogP contribution in [0.3, 0.4) is 0 Å². The molecule has 0 fully saturated rings. The van der Waals surface area contributed by atoms with E-state index < -0.39 is 11.0 Å². The third kappa shape index (κ3) is 3.90. The lowest BCUT2D eigenvalue weighted by Crippen LogP contribution is -2.30. The minimum absolute atomic E-state index is 0.0175. The number of rotatable bonds is 5. The van der Waals surface area contributed by atoms with Crippen molar-refractivity contribution in [1.82, 2.24) is 9.55 Å². The zero-order valence-corrected chi connectivity index (χ0v) is 20.6. The number of benzene rings is 3. The van der Waals surface area contributed by atoms with E-state index in [2.05, 4.69) is 10.6 Å².